The van der Waals surface area contributed by atoms with Crippen molar-refractivity contribution in [1.82, 2.24) is 14.9 Å². The fraction of sp³-hybridized carbons (Fsp3) is 0.217. The fourth-order valence-corrected chi connectivity index (χ4v) is 4.04. The molecule has 1 aromatic heterocycles. The monoisotopic (exact) mass is 466 g/mol. The van der Waals surface area contributed by atoms with Gasteiger partial charge in [-0.3, -0.25) is 0 Å². The zero-order valence-corrected chi connectivity index (χ0v) is 19.1. The summed E-state index contributed by atoms with van der Waals surface area (Å²) in [7, 11) is 3.08. The summed E-state index contributed by atoms with van der Waals surface area (Å²) in [5.41, 5.74) is 2.21. The topological polar surface area (TPSA) is 108 Å². The number of aromatic nitrogens is 3. The number of phenolic OH excluding ortho intramolecular Hbond substituents is 1. The van der Waals surface area contributed by atoms with Crippen molar-refractivity contribution >= 4 is 29.5 Å². The molecular formula is C23H22N4O5S. The number of methoxy groups -OCH3 is 2. The van der Waals surface area contributed by atoms with E-state index in [1.165, 1.54) is 24.9 Å². The molecule has 170 valence electrons. The van der Waals surface area contributed by atoms with Gasteiger partial charge in [-0.1, -0.05) is 17.8 Å². The molecule has 33 heavy (non-hydrogen) atoms. The molecule has 4 rings (SSSR count). The van der Waals surface area contributed by atoms with Gasteiger partial charge >= 0.3 is 5.97 Å². The molecule has 1 N–H and O–H groups in total. The molecule has 0 saturated heterocycles. The van der Waals surface area contributed by atoms with Gasteiger partial charge in [-0.15, -0.1) is 10.2 Å². The number of nitrogens with zero attached hydrogens (tertiary/aromatic N) is 4. The van der Waals surface area contributed by atoms with Crippen LogP contribution in [0.5, 0.6) is 17.2 Å². The second-order valence-electron chi connectivity index (χ2n) is 6.89. The Bertz CT molecular complexity index is 1230. The highest BCUT2D eigenvalue weighted by Crippen LogP contribution is 2.31. The summed E-state index contributed by atoms with van der Waals surface area (Å²) >= 11 is 1.42. The molecule has 0 fully saturated rings. The molecule has 1 aliphatic heterocycles. The summed E-state index contributed by atoms with van der Waals surface area (Å²) in [6.07, 6.45) is 1.64. The molecule has 0 amide bonds. The molecule has 0 atom stereocenters. The van der Waals surface area contributed by atoms with Crippen molar-refractivity contribution in [3.8, 4) is 28.6 Å². The van der Waals surface area contributed by atoms with E-state index in [2.05, 4.69) is 15.3 Å². The number of phenols is 1. The lowest BCUT2D eigenvalue weighted by atomic mass is 10.1. The summed E-state index contributed by atoms with van der Waals surface area (Å²) in [6.45, 7) is 1.96. The van der Waals surface area contributed by atoms with E-state index in [0.717, 1.165) is 11.3 Å². The average Bonchev–Trinajstić information content (AvgIpc) is 3.26. The first kappa shape index (κ1) is 22.4. The number of benzene rings is 2. The van der Waals surface area contributed by atoms with Crippen LogP contribution < -0.4 is 9.47 Å². The minimum atomic E-state index is -0.505. The number of fused-ring (bicyclic) bond motifs is 1. The number of hydrogen-bond acceptors (Lipinski definition) is 9. The molecule has 9 nitrogen and oxygen atoms in total. The number of aromatic hydroxyl groups is 1. The zero-order chi connectivity index (χ0) is 23.4. The Labute approximate surface area is 194 Å². The van der Waals surface area contributed by atoms with E-state index in [0.29, 0.717) is 33.8 Å². The van der Waals surface area contributed by atoms with Gasteiger partial charge in [-0.2, -0.15) is 9.78 Å². The Morgan fingerprint density at radius 1 is 1.15 bits per heavy atom. The summed E-state index contributed by atoms with van der Waals surface area (Å²) in [5, 5.41) is 23.9. The lowest BCUT2D eigenvalue weighted by Gasteiger charge is -2.16. The van der Waals surface area contributed by atoms with Crippen LogP contribution in [-0.4, -0.2) is 58.2 Å². The van der Waals surface area contributed by atoms with Gasteiger partial charge in [0.15, 0.2) is 17.3 Å². The third-order valence-corrected chi connectivity index (χ3v) is 5.77. The highest BCUT2D eigenvalue weighted by atomic mass is 32.2. The van der Waals surface area contributed by atoms with Gasteiger partial charge in [-0.05, 0) is 55.0 Å². The molecule has 10 heteroatoms. The van der Waals surface area contributed by atoms with E-state index in [1.54, 1.807) is 36.9 Å². The Hall–Kier alpha value is -3.79. The number of carbonyl (C=O) groups is 1. The third kappa shape index (κ3) is 4.70. The normalized spacial score (nSPS) is 13.2. The Kier molecular flexibility index (Phi) is 6.64. The van der Waals surface area contributed by atoms with Crippen molar-refractivity contribution in [3.05, 3.63) is 53.6 Å². The van der Waals surface area contributed by atoms with Crippen molar-refractivity contribution in [3.63, 3.8) is 0 Å². The summed E-state index contributed by atoms with van der Waals surface area (Å²) in [6, 6.07) is 12.3. The standard InChI is InChI=1S/C23H22N4O5S/c1-4-32-22(29)17(11-14-5-10-20(31-3)19(28)12-14)18-13-33-23-25-24-21(27(23)26-18)15-6-8-16(30-2)9-7-15/h5-12,28H,4,13H2,1-3H3. The smallest absolute Gasteiger partial charge is 0.340 e. The molecule has 1 aliphatic rings. The fourth-order valence-electron chi connectivity index (χ4n) is 3.21. The maximum Gasteiger partial charge on any atom is 0.340 e. The van der Waals surface area contributed by atoms with Gasteiger partial charge < -0.3 is 19.3 Å². The van der Waals surface area contributed by atoms with E-state index in [4.69, 9.17) is 14.2 Å². The van der Waals surface area contributed by atoms with Crippen LogP contribution in [0.3, 0.4) is 0 Å². The Morgan fingerprint density at radius 2 is 1.94 bits per heavy atom. The average molecular weight is 467 g/mol. The number of esters is 1. The van der Waals surface area contributed by atoms with Crippen molar-refractivity contribution < 1.29 is 24.1 Å². The molecule has 0 spiro atoms. The van der Waals surface area contributed by atoms with Crippen LogP contribution in [-0.2, 0) is 9.53 Å². The Morgan fingerprint density at radius 3 is 2.61 bits per heavy atom. The first-order chi connectivity index (χ1) is 16.0. The van der Waals surface area contributed by atoms with E-state index in [9.17, 15) is 9.90 Å². The molecule has 0 bridgehead atoms. The van der Waals surface area contributed by atoms with Crippen LogP contribution in [0, 0.1) is 0 Å². The van der Waals surface area contributed by atoms with Crippen molar-refractivity contribution in [1.29, 1.82) is 0 Å². The zero-order valence-electron chi connectivity index (χ0n) is 18.3. The van der Waals surface area contributed by atoms with Crippen molar-refractivity contribution in [2.24, 2.45) is 5.10 Å². The van der Waals surface area contributed by atoms with E-state index in [1.807, 2.05) is 24.3 Å². The predicted octanol–water partition coefficient (Wildman–Crippen LogP) is 3.62. The van der Waals surface area contributed by atoms with Crippen LogP contribution in [0.2, 0.25) is 0 Å². The lowest BCUT2D eigenvalue weighted by Crippen LogP contribution is -2.21. The van der Waals surface area contributed by atoms with Gasteiger partial charge in [0.05, 0.1) is 32.1 Å². The third-order valence-electron chi connectivity index (χ3n) is 4.84. The Balaban J connectivity index is 1.76. The van der Waals surface area contributed by atoms with Crippen LogP contribution >= 0.6 is 11.8 Å². The minimum absolute atomic E-state index is 0.0303. The maximum atomic E-state index is 12.8. The highest BCUT2D eigenvalue weighted by molar-refractivity contribution is 7.99. The van der Waals surface area contributed by atoms with Crippen LogP contribution in [0.15, 0.2) is 58.3 Å². The second-order valence-corrected chi connectivity index (χ2v) is 7.83. The quantitative estimate of drug-likeness (QED) is 0.415. The molecule has 0 aliphatic carbocycles. The summed E-state index contributed by atoms with van der Waals surface area (Å²) in [5.74, 6) is 1.49. The number of ether oxygens (including phenoxy) is 3. The maximum absolute atomic E-state index is 12.8. The minimum Gasteiger partial charge on any atom is -0.504 e. The van der Waals surface area contributed by atoms with Gasteiger partial charge in [0.25, 0.3) is 0 Å². The van der Waals surface area contributed by atoms with Gasteiger partial charge in [-0.25, -0.2) is 4.79 Å². The first-order valence-electron chi connectivity index (χ1n) is 10.1. The SMILES string of the molecule is CCOC(=O)C(=Cc1ccc(OC)c(O)c1)C1=Nn2c(nnc2-c2ccc(OC)cc2)SC1. The van der Waals surface area contributed by atoms with E-state index >= 15 is 0 Å². The van der Waals surface area contributed by atoms with Gasteiger partial charge in [0, 0.05) is 11.3 Å². The lowest BCUT2D eigenvalue weighted by molar-refractivity contribution is -0.137. The molecular weight excluding hydrogens is 444 g/mol. The van der Waals surface area contributed by atoms with Crippen LogP contribution in [0.25, 0.3) is 17.5 Å². The predicted molar refractivity (Wildman–Crippen MR) is 125 cm³/mol. The largest absolute Gasteiger partial charge is 0.504 e. The van der Waals surface area contributed by atoms with Crippen LogP contribution in [0.4, 0.5) is 0 Å². The van der Waals surface area contributed by atoms with Gasteiger partial charge in [0.1, 0.15) is 5.75 Å². The molecule has 0 saturated carbocycles. The van der Waals surface area contributed by atoms with E-state index < -0.39 is 5.97 Å². The molecule has 2 heterocycles. The molecule has 2 aromatic carbocycles. The number of carbonyl (C=O) groups excluding carboxylic acids is 1. The molecule has 0 unspecified atom stereocenters. The number of thioether (sulfide) groups is 1. The molecule has 0 radical (unpaired) electrons. The molecule has 3 aromatic rings. The van der Waals surface area contributed by atoms with Crippen molar-refractivity contribution in [2.75, 3.05) is 26.6 Å². The van der Waals surface area contributed by atoms with E-state index in [-0.39, 0.29) is 17.9 Å². The number of rotatable bonds is 7. The van der Waals surface area contributed by atoms with Crippen molar-refractivity contribution in [2.45, 2.75) is 12.1 Å². The first-order valence-corrected chi connectivity index (χ1v) is 11.1. The summed E-state index contributed by atoms with van der Waals surface area (Å²) < 4.78 is 17.2. The number of hydrogen-bond donors (Lipinski definition) is 1. The van der Waals surface area contributed by atoms with Crippen LogP contribution in [0.1, 0.15) is 12.5 Å². The van der Waals surface area contributed by atoms with Gasteiger partial charge in [0.2, 0.25) is 5.16 Å². The second kappa shape index (κ2) is 9.78. The highest BCUT2D eigenvalue weighted by Gasteiger charge is 2.25. The summed E-state index contributed by atoms with van der Waals surface area (Å²) in [4.78, 5) is 12.8.